The molecule has 1 saturated carbocycles. The Morgan fingerprint density at radius 1 is 1.00 bits per heavy atom. The third kappa shape index (κ3) is 4.18. The average molecular weight is 507 g/mol. The number of benzene rings is 2. The highest BCUT2D eigenvalue weighted by atomic mass is 35.5. The molecule has 0 N–H and O–H groups in total. The summed E-state index contributed by atoms with van der Waals surface area (Å²) in [6, 6.07) is 8.46. The second-order valence-corrected chi connectivity index (χ2v) is 9.22. The molecule has 2 aromatic rings. The Hall–Kier alpha value is -2.35. The van der Waals surface area contributed by atoms with Crippen molar-refractivity contribution in [3.05, 3.63) is 51.5 Å². The normalized spacial score (nSPS) is 17.2. The first-order valence-corrected chi connectivity index (χ1v) is 11.8. The van der Waals surface area contributed by atoms with Crippen LogP contribution in [0.4, 0.5) is 0 Å². The molecule has 0 atom stereocenters. The Morgan fingerprint density at radius 2 is 1.64 bits per heavy atom. The van der Waals surface area contributed by atoms with Gasteiger partial charge in [0.15, 0.2) is 11.5 Å². The van der Waals surface area contributed by atoms with E-state index >= 15 is 0 Å². The summed E-state index contributed by atoms with van der Waals surface area (Å²) in [6.45, 7) is 0. The van der Waals surface area contributed by atoms with Crippen LogP contribution in [0.5, 0.6) is 17.2 Å². The van der Waals surface area contributed by atoms with Crippen molar-refractivity contribution in [1.82, 2.24) is 4.90 Å². The first-order valence-electron chi connectivity index (χ1n) is 10.6. The van der Waals surface area contributed by atoms with Crippen LogP contribution in [0.1, 0.15) is 48.0 Å². The van der Waals surface area contributed by atoms with Crippen LogP contribution in [-0.4, -0.2) is 48.5 Å². The van der Waals surface area contributed by atoms with Crippen molar-refractivity contribution in [2.24, 2.45) is 4.99 Å². The third-order valence-corrected chi connectivity index (χ3v) is 7.02. The highest BCUT2D eigenvalue weighted by molar-refractivity contribution is 7.82. The van der Waals surface area contributed by atoms with Gasteiger partial charge >= 0.3 is 0 Å². The van der Waals surface area contributed by atoms with E-state index in [1.165, 1.54) is 21.3 Å². The molecule has 1 aliphatic heterocycles. The summed E-state index contributed by atoms with van der Waals surface area (Å²) in [5, 5.41) is 0.961. The van der Waals surface area contributed by atoms with E-state index < -0.39 is 5.66 Å². The molecule has 1 aliphatic carbocycles. The van der Waals surface area contributed by atoms with Crippen LogP contribution in [0.25, 0.3) is 0 Å². The van der Waals surface area contributed by atoms with Gasteiger partial charge in [-0.25, -0.2) is 0 Å². The van der Waals surface area contributed by atoms with Gasteiger partial charge in [0, 0.05) is 16.1 Å². The fourth-order valence-corrected chi connectivity index (χ4v) is 5.43. The molecule has 33 heavy (non-hydrogen) atoms. The number of carbonyl (C=O) groups is 1. The number of ether oxygens (including phenoxy) is 3. The standard InChI is InChI=1S/C24H24Cl2N2O4S/c1-30-18-11-14(12-19(31-2)21(18)32-3)22(29)28-23(33)20(16-8-7-15(25)13-17(16)26)27-24(28)9-5-4-6-10-24/h7-8,11-13H,4-6,9-10H2,1-3H3. The van der Waals surface area contributed by atoms with E-state index in [0.717, 1.165) is 32.1 Å². The van der Waals surface area contributed by atoms with Crippen molar-refractivity contribution < 1.29 is 19.0 Å². The highest BCUT2D eigenvalue weighted by Gasteiger charge is 2.49. The first kappa shape index (κ1) is 23.8. The maximum atomic E-state index is 13.9. The van der Waals surface area contributed by atoms with Gasteiger partial charge < -0.3 is 14.2 Å². The predicted octanol–water partition coefficient (Wildman–Crippen LogP) is 5.95. The molecule has 1 amide bonds. The van der Waals surface area contributed by atoms with Gasteiger partial charge in [0.2, 0.25) is 5.75 Å². The Labute approximate surface area is 208 Å². The molecule has 6 nitrogen and oxygen atoms in total. The second-order valence-electron chi connectivity index (χ2n) is 7.99. The Morgan fingerprint density at radius 3 is 2.18 bits per heavy atom. The SMILES string of the molecule is COc1cc(C(=O)N2C(=S)C(c3ccc(Cl)cc3Cl)=NC23CCCCC3)cc(OC)c1OC. The third-order valence-electron chi connectivity index (χ3n) is 6.10. The lowest BCUT2D eigenvalue weighted by Gasteiger charge is -2.39. The van der Waals surface area contributed by atoms with Gasteiger partial charge in [-0.15, -0.1) is 0 Å². The lowest BCUT2D eigenvalue weighted by atomic mass is 9.88. The van der Waals surface area contributed by atoms with Gasteiger partial charge in [-0.1, -0.05) is 41.8 Å². The Kier molecular flexibility index (Phi) is 6.84. The molecule has 4 rings (SSSR count). The van der Waals surface area contributed by atoms with Crippen LogP contribution in [0.15, 0.2) is 35.3 Å². The van der Waals surface area contributed by atoms with Crippen molar-refractivity contribution in [3.8, 4) is 17.2 Å². The Balaban J connectivity index is 1.81. The minimum atomic E-state index is -0.745. The zero-order valence-electron chi connectivity index (χ0n) is 18.6. The van der Waals surface area contributed by atoms with Gasteiger partial charge in [-0.05, 0) is 56.0 Å². The van der Waals surface area contributed by atoms with Crippen molar-refractivity contribution in [2.45, 2.75) is 37.8 Å². The molecule has 0 aromatic heterocycles. The maximum absolute atomic E-state index is 13.9. The number of aliphatic imine (C=N–C) groups is 1. The van der Waals surface area contributed by atoms with E-state index in [1.54, 1.807) is 35.2 Å². The van der Waals surface area contributed by atoms with Crippen LogP contribution in [0.3, 0.4) is 0 Å². The van der Waals surface area contributed by atoms with Gasteiger partial charge in [0.1, 0.15) is 16.4 Å². The number of halogens is 2. The molecule has 9 heteroatoms. The monoisotopic (exact) mass is 506 g/mol. The summed E-state index contributed by atoms with van der Waals surface area (Å²) in [7, 11) is 4.54. The number of thiocarbonyl (C=S) groups is 1. The molecule has 174 valence electrons. The summed E-state index contributed by atoms with van der Waals surface area (Å²) < 4.78 is 16.3. The Bertz CT molecular complexity index is 1120. The molecular formula is C24H24Cl2N2O4S. The van der Waals surface area contributed by atoms with Crippen LogP contribution < -0.4 is 14.2 Å². The number of methoxy groups -OCH3 is 3. The number of rotatable bonds is 5. The van der Waals surface area contributed by atoms with Gasteiger partial charge in [-0.2, -0.15) is 0 Å². The largest absolute Gasteiger partial charge is 0.493 e. The van der Waals surface area contributed by atoms with E-state index in [1.807, 2.05) is 0 Å². The second kappa shape index (κ2) is 9.49. The number of carbonyl (C=O) groups excluding carboxylic acids is 1. The van der Waals surface area contributed by atoms with Gasteiger partial charge in [-0.3, -0.25) is 14.7 Å². The number of hydrogen-bond donors (Lipinski definition) is 0. The molecule has 1 fully saturated rings. The molecule has 2 aromatic carbocycles. The first-order chi connectivity index (χ1) is 15.8. The van der Waals surface area contributed by atoms with E-state index in [2.05, 4.69) is 0 Å². The summed E-state index contributed by atoms with van der Waals surface area (Å²) >= 11 is 18.4. The molecule has 0 bridgehead atoms. The van der Waals surface area contributed by atoms with Crippen LogP contribution in [0, 0.1) is 0 Å². The summed E-state index contributed by atoms with van der Waals surface area (Å²) in [6.07, 6.45) is 4.43. The summed E-state index contributed by atoms with van der Waals surface area (Å²) in [5.41, 5.74) is 0.825. The van der Waals surface area contributed by atoms with Gasteiger partial charge in [0.05, 0.1) is 26.4 Å². The number of nitrogens with zero attached hydrogens (tertiary/aromatic N) is 2. The summed E-state index contributed by atoms with van der Waals surface area (Å²) in [5.74, 6) is 0.928. The molecule has 1 heterocycles. The molecular weight excluding hydrogens is 483 g/mol. The average Bonchev–Trinajstić information content (AvgIpc) is 3.08. The quantitative estimate of drug-likeness (QED) is 0.468. The van der Waals surface area contributed by atoms with E-state index in [-0.39, 0.29) is 5.91 Å². The molecule has 0 saturated heterocycles. The van der Waals surface area contributed by atoms with Crippen LogP contribution >= 0.6 is 35.4 Å². The maximum Gasteiger partial charge on any atom is 0.261 e. The van der Waals surface area contributed by atoms with Crippen molar-refractivity contribution in [3.63, 3.8) is 0 Å². The smallest absolute Gasteiger partial charge is 0.261 e. The number of amides is 1. The van der Waals surface area contributed by atoms with E-state index in [9.17, 15) is 4.79 Å². The minimum absolute atomic E-state index is 0.273. The van der Waals surface area contributed by atoms with Crippen LogP contribution in [-0.2, 0) is 0 Å². The molecule has 0 radical (unpaired) electrons. The molecule has 2 aliphatic rings. The van der Waals surface area contributed by atoms with E-state index in [4.69, 9.17) is 54.6 Å². The van der Waals surface area contributed by atoms with Crippen LogP contribution in [0.2, 0.25) is 10.0 Å². The predicted molar refractivity (Wildman–Crippen MR) is 134 cm³/mol. The fraction of sp³-hybridized carbons (Fsp3) is 0.375. The molecule has 0 unspecified atom stereocenters. The zero-order valence-corrected chi connectivity index (χ0v) is 20.9. The lowest BCUT2D eigenvalue weighted by molar-refractivity contribution is 0.0647. The summed E-state index contributed by atoms with van der Waals surface area (Å²) in [4.78, 5) is 21.0. The van der Waals surface area contributed by atoms with Crippen molar-refractivity contribution >= 4 is 52.0 Å². The zero-order chi connectivity index (χ0) is 23.8. The van der Waals surface area contributed by atoms with Crippen molar-refractivity contribution in [1.29, 1.82) is 0 Å². The fourth-order valence-electron chi connectivity index (χ4n) is 4.53. The van der Waals surface area contributed by atoms with E-state index in [0.29, 0.717) is 49.1 Å². The molecule has 1 spiro atoms. The topological polar surface area (TPSA) is 60.4 Å². The lowest BCUT2D eigenvalue weighted by Crippen LogP contribution is -2.50. The minimum Gasteiger partial charge on any atom is -0.493 e. The highest BCUT2D eigenvalue weighted by Crippen LogP contribution is 2.44. The van der Waals surface area contributed by atoms with Crippen molar-refractivity contribution in [2.75, 3.05) is 21.3 Å². The number of hydrogen-bond acceptors (Lipinski definition) is 6. The van der Waals surface area contributed by atoms with Gasteiger partial charge in [0.25, 0.3) is 5.91 Å².